The highest BCUT2D eigenvalue weighted by atomic mass is 16.5. The van der Waals surface area contributed by atoms with Crippen LogP contribution in [0.15, 0.2) is 36.4 Å². The Labute approximate surface area is 234 Å². The summed E-state index contributed by atoms with van der Waals surface area (Å²) in [4.78, 5) is 35.8. The molecule has 1 aliphatic rings. The summed E-state index contributed by atoms with van der Waals surface area (Å²) in [7, 11) is 0. The number of unbranched alkanes of at least 4 members (excludes halogenated alkanes) is 3. The van der Waals surface area contributed by atoms with Crippen LogP contribution in [0.5, 0.6) is 11.8 Å². The summed E-state index contributed by atoms with van der Waals surface area (Å²) in [5, 5.41) is 15.0. The fraction of sp³-hybridized carbons (Fsp3) is 0.483. The number of aromatic nitrogens is 4. The van der Waals surface area contributed by atoms with E-state index in [1.165, 1.54) is 6.08 Å². The van der Waals surface area contributed by atoms with Gasteiger partial charge in [-0.05, 0) is 87.6 Å². The highest BCUT2D eigenvalue weighted by Gasteiger charge is 2.30. The summed E-state index contributed by atoms with van der Waals surface area (Å²) in [6, 6.07) is 5.09. The highest BCUT2D eigenvalue weighted by molar-refractivity contribution is 5.88. The van der Waals surface area contributed by atoms with Crippen LogP contribution in [0.25, 0.3) is 6.08 Å². The van der Waals surface area contributed by atoms with E-state index >= 15 is 0 Å². The number of benzene rings is 1. The molecule has 1 saturated carbocycles. The van der Waals surface area contributed by atoms with Crippen molar-refractivity contribution < 1.29 is 33.3 Å². The molecule has 0 aliphatic heterocycles. The first-order valence-electron chi connectivity index (χ1n) is 13.5. The van der Waals surface area contributed by atoms with Crippen LogP contribution in [0.2, 0.25) is 0 Å². The molecule has 0 saturated heterocycles. The van der Waals surface area contributed by atoms with Crippen LogP contribution in [0.1, 0.15) is 80.5 Å². The molecule has 3 rings (SSSR count). The Balaban J connectivity index is 1.36. The molecule has 214 valence electrons. The maximum Gasteiger partial charge on any atom is 0.385 e. The van der Waals surface area contributed by atoms with Crippen molar-refractivity contribution in [2.45, 2.75) is 71.8 Å². The van der Waals surface area contributed by atoms with Crippen molar-refractivity contribution in [1.29, 1.82) is 0 Å². The Morgan fingerprint density at radius 1 is 1.02 bits per heavy atom. The van der Waals surface area contributed by atoms with Crippen LogP contribution in [0.3, 0.4) is 0 Å². The van der Waals surface area contributed by atoms with Gasteiger partial charge in [0.1, 0.15) is 11.9 Å². The zero-order valence-electron chi connectivity index (χ0n) is 23.3. The average molecular weight is 553 g/mol. The second kappa shape index (κ2) is 15.4. The molecule has 40 heavy (non-hydrogen) atoms. The van der Waals surface area contributed by atoms with Gasteiger partial charge in [-0.15, -0.1) is 10.2 Å². The second-order valence-corrected chi connectivity index (χ2v) is 9.74. The van der Waals surface area contributed by atoms with Crippen LogP contribution in [-0.2, 0) is 19.1 Å². The van der Waals surface area contributed by atoms with Crippen LogP contribution in [0.4, 0.5) is 0 Å². The predicted molar refractivity (Wildman–Crippen MR) is 145 cm³/mol. The third-order valence-electron chi connectivity index (χ3n) is 6.36. The van der Waals surface area contributed by atoms with Crippen molar-refractivity contribution in [3.63, 3.8) is 0 Å². The molecule has 0 radical (unpaired) electrons. The number of ether oxygens (including phenoxy) is 4. The minimum absolute atomic E-state index is 0.0141. The van der Waals surface area contributed by atoms with Gasteiger partial charge in [-0.25, -0.2) is 14.4 Å². The van der Waals surface area contributed by atoms with Crippen LogP contribution in [0, 0.1) is 12.8 Å². The number of nitrogens with zero attached hydrogens (tertiary/aromatic N) is 4. The topological polar surface area (TPSA) is 140 Å². The molecule has 2 aromatic rings. The van der Waals surface area contributed by atoms with E-state index in [2.05, 4.69) is 33.9 Å². The first-order chi connectivity index (χ1) is 19.2. The van der Waals surface area contributed by atoms with E-state index in [0.29, 0.717) is 36.0 Å². The Hall–Kier alpha value is -4.15. The monoisotopic (exact) mass is 552 g/mol. The summed E-state index contributed by atoms with van der Waals surface area (Å²) in [5.41, 5.74) is 1.84. The van der Waals surface area contributed by atoms with E-state index in [9.17, 15) is 14.4 Å². The van der Waals surface area contributed by atoms with Crippen molar-refractivity contribution >= 4 is 24.0 Å². The lowest BCUT2D eigenvalue weighted by Gasteiger charge is -2.33. The number of hydrogen-bond acceptors (Lipinski definition) is 11. The highest BCUT2D eigenvalue weighted by Crippen LogP contribution is 2.32. The molecule has 1 aromatic heterocycles. The summed E-state index contributed by atoms with van der Waals surface area (Å²) in [5.74, 6) is -0.872. The van der Waals surface area contributed by atoms with Gasteiger partial charge in [0.25, 0.3) is 5.82 Å². The van der Waals surface area contributed by atoms with Crippen molar-refractivity contribution in [1.82, 2.24) is 20.4 Å². The van der Waals surface area contributed by atoms with Gasteiger partial charge in [0.2, 0.25) is 0 Å². The smallest absolute Gasteiger partial charge is 0.385 e. The maximum atomic E-state index is 12.4. The molecular weight excluding hydrogens is 516 g/mol. The summed E-state index contributed by atoms with van der Waals surface area (Å²) in [6.45, 7) is 9.78. The van der Waals surface area contributed by atoms with Crippen molar-refractivity contribution in [2.75, 3.05) is 13.2 Å². The van der Waals surface area contributed by atoms with E-state index < -0.39 is 5.97 Å². The van der Waals surface area contributed by atoms with E-state index in [0.717, 1.165) is 50.5 Å². The van der Waals surface area contributed by atoms with Crippen LogP contribution in [-0.4, -0.2) is 57.6 Å². The summed E-state index contributed by atoms with van der Waals surface area (Å²) in [6.07, 6.45) is 9.28. The van der Waals surface area contributed by atoms with Gasteiger partial charge in [-0.1, -0.05) is 36.2 Å². The Morgan fingerprint density at radius 2 is 1.73 bits per heavy atom. The van der Waals surface area contributed by atoms with E-state index in [1.54, 1.807) is 38.1 Å². The summed E-state index contributed by atoms with van der Waals surface area (Å²) >= 11 is 0. The van der Waals surface area contributed by atoms with Gasteiger partial charge in [-0.3, -0.25) is 0 Å². The molecule has 1 aliphatic carbocycles. The van der Waals surface area contributed by atoms with Crippen molar-refractivity contribution in [3.8, 4) is 11.8 Å². The molecule has 0 amide bonds. The Morgan fingerprint density at radius 3 is 2.38 bits per heavy atom. The number of hydrogen-bond donors (Lipinski definition) is 0. The minimum Gasteiger partial charge on any atom is -0.462 e. The van der Waals surface area contributed by atoms with Crippen LogP contribution < -0.4 is 9.47 Å². The number of aryl methyl sites for hydroxylation is 1. The molecule has 0 bridgehead atoms. The van der Waals surface area contributed by atoms with E-state index in [-0.39, 0.29) is 29.9 Å². The molecule has 11 heteroatoms. The number of carbonyl (C=O) groups is 3. The lowest BCUT2D eigenvalue weighted by molar-refractivity contribution is -0.149. The lowest BCUT2D eigenvalue weighted by atomic mass is 9.80. The van der Waals surface area contributed by atoms with Gasteiger partial charge >= 0.3 is 23.9 Å². The Bertz CT molecular complexity index is 1210. The molecule has 1 heterocycles. The number of carbonyl (C=O) groups excluding carboxylic acids is 3. The minimum atomic E-state index is -0.806. The number of esters is 3. The van der Waals surface area contributed by atoms with Gasteiger partial charge in [0, 0.05) is 11.6 Å². The third-order valence-corrected chi connectivity index (χ3v) is 6.36. The molecule has 1 fully saturated rings. The molecule has 0 atom stereocenters. The van der Waals surface area contributed by atoms with Crippen molar-refractivity contribution in [2.24, 2.45) is 5.92 Å². The quantitative estimate of drug-likeness (QED) is 0.132. The molecule has 0 spiro atoms. The zero-order valence-corrected chi connectivity index (χ0v) is 23.3. The van der Waals surface area contributed by atoms with Crippen LogP contribution >= 0.6 is 0 Å². The summed E-state index contributed by atoms with van der Waals surface area (Å²) < 4.78 is 21.2. The van der Waals surface area contributed by atoms with E-state index in [4.69, 9.17) is 18.9 Å². The first kappa shape index (κ1) is 30.4. The van der Waals surface area contributed by atoms with Gasteiger partial charge in [0.05, 0.1) is 13.2 Å². The maximum absolute atomic E-state index is 12.4. The first-order valence-corrected chi connectivity index (χ1v) is 13.5. The van der Waals surface area contributed by atoms with Gasteiger partial charge < -0.3 is 18.9 Å². The average Bonchev–Trinajstić information content (AvgIpc) is 2.92. The molecule has 11 nitrogen and oxygen atoms in total. The zero-order chi connectivity index (χ0) is 28.9. The fourth-order valence-electron chi connectivity index (χ4n) is 3.88. The SMILES string of the molecule is C=C(C)C(=O)OCCCCCCOc1nnc(C(=O)Oc2ccc(/C=C/C(=O)OC3CC(CC)C3)cc2C)nn1. The largest absolute Gasteiger partial charge is 0.462 e. The fourth-order valence-corrected chi connectivity index (χ4v) is 3.88. The standard InChI is InChI=1S/C29H36N4O7/c1-5-21-17-23(18-21)39-25(34)13-11-22-10-12-24(20(4)16-22)40-28(36)26-30-32-29(33-31-26)38-15-9-7-6-8-14-37-27(35)19(2)3/h10-13,16,21,23H,2,5-9,14-15,17-18H2,1,3-4H3/b13-11+. The molecule has 0 N–H and O–H groups in total. The van der Waals surface area contributed by atoms with Gasteiger partial charge in [-0.2, -0.15) is 0 Å². The lowest BCUT2D eigenvalue weighted by Crippen LogP contribution is -2.32. The Kier molecular flexibility index (Phi) is 11.7. The third kappa shape index (κ3) is 9.87. The molecule has 1 aromatic carbocycles. The predicted octanol–water partition coefficient (Wildman–Crippen LogP) is 4.60. The second-order valence-electron chi connectivity index (χ2n) is 9.74. The normalized spacial score (nSPS) is 16.2. The molecule has 0 unspecified atom stereocenters. The number of rotatable bonds is 15. The van der Waals surface area contributed by atoms with Gasteiger partial charge in [0.15, 0.2) is 0 Å². The molecular formula is C29H36N4O7. The van der Waals surface area contributed by atoms with Crippen molar-refractivity contribution in [3.05, 3.63) is 53.4 Å². The van der Waals surface area contributed by atoms with E-state index in [1.807, 2.05) is 0 Å².